The lowest BCUT2D eigenvalue weighted by Gasteiger charge is -2.24. The summed E-state index contributed by atoms with van der Waals surface area (Å²) in [6.07, 6.45) is 6.44. The van der Waals surface area contributed by atoms with Gasteiger partial charge in [0.15, 0.2) is 0 Å². The van der Waals surface area contributed by atoms with E-state index in [-0.39, 0.29) is 6.04 Å². The number of hydrogen-bond donors (Lipinski definition) is 2. The highest BCUT2D eigenvalue weighted by Gasteiger charge is 2.22. The molecule has 3 heteroatoms. The van der Waals surface area contributed by atoms with Gasteiger partial charge in [-0.1, -0.05) is 26.7 Å². The number of furan rings is 1. The maximum Gasteiger partial charge on any atom is 0.122 e. The molecule has 0 fully saturated rings. The molecule has 86 valence electrons. The molecule has 0 aromatic carbocycles. The average Bonchev–Trinajstić information content (AvgIpc) is 2.73. The number of nitrogens with one attached hydrogen (secondary N) is 1. The standard InChI is InChI=1S/C12H22N2O/c1-3-6-10(7-4-2)12(14-13)11-8-5-9-15-11/h5,8-10,12,14H,3-4,6-7,13H2,1-2H3. The second-order valence-corrected chi connectivity index (χ2v) is 4.00. The smallest absolute Gasteiger partial charge is 0.122 e. The summed E-state index contributed by atoms with van der Waals surface area (Å²) in [5.74, 6) is 7.13. The fraction of sp³-hybridized carbons (Fsp3) is 0.667. The van der Waals surface area contributed by atoms with Crippen LogP contribution in [-0.4, -0.2) is 0 Å². The van der Waals surface area contributed by atoms with Gasteiger partial charge in [-0.15, -0.1) is 0 Å². The molecule has 15 heavy (non-hydrogen) atoms. The third kappa shape index (κ3) is 3.36. The van der Waals surface area contributed by atoms with Crippen molar-refractivity contribution < 1.29 is 4.42 Å². The fourth-order valence-corrected chi connectivity index (χ4v) is 2.14. The van der Waals surface area contributed by atoms with Gasteiger partial charge in [0.25, 0.3) is 0 Å². The van der Waals surface area contributed by atoms with Crippen molar-refractivity contribution in [2.45, 2.75) is 45.6 Å². The lowest BCUT2D eigenvalue weighted by atomic mass is 9.89. The summed E-state index contributed by atoms with van der Waals surface area (Å²) in [4.78, 5) is 0. The van der Waals surface area contributed by atoms with E-state index in [9.17, 15) is 0 Å². The van der Waals surface area contributed by atoms with Crippen molar-refractivity contribution in [1.82, 2.24) is 5.43 Å². The molecule has 0 spiro atoms. The molecule has 0 saturated heterocycles. The Kier molecular flexibility index (Phi) is 5.43. The van der Waals surface area contributed by atoms with Gasteiger partial charge >= 0.3 is 0 Å². The van der Waals surface area contributed by atoms with Gasteiger partial charge in [0.1, 0.15) is 5.76 Å². The Balaban J connectivity index is 2.69. The molecule has 0 radical (unpaired) electrons. The van der Waals surface area contributed by atoms with Crippen LogP contribution in [-0.2, 0) is 0 Å². The first-order chi connectivity index (χ1) is 7.33. The Morgan fingerprint density at radius 2 is 2.00 bits per heavy atom. The van der Waals surface area contributed by atoms with Gasteiger partial charge in [0.05, 0.1) is 12.3 Å². The van der Waals surface area contributed by atoms with Gasteiger partial charge in [-0.25, -0.2) is 5.43 Å². The highest BCUT2D eigenvalue weighted by molar-refractivity contribution is 5.05. The molecule has 1 aromatic rings. The second-order valence-electron chi connectivity index (χ2n) is 4.00. The van der Waals surface area contributed by atoms with Crippen LogP contribution in [0.25, 0.3) is 0 Å². The molecule has 1 heterocycles. The first-order valence-electron chi connectivity index (χ1n) is 5.83. The minimum atomic E-state index is 0.153. The molecular formula is C12H22N2O. The summed E-state index contributed by atoms with van der Waals surface area (Å²) in [6, 6.07) is 4.05. The summed E-state index contributed by atoms with van der Waals surface area (Å²) >= 11 is 0. The van der Waals surface area contributed by atoms with E-state index < -0.39 is 0 Å². The minimum Gasteiger partial charge on any atom is -0.468 e. The maximum atomic E-state index is 5.62. The van der Waals surface area contributed by atoms with Crippen LogP contribution in [0.4, 0.5) is 0 Å². The predicted molar refractivity (Wildman–Crippen MR) is 62.1 cm³/mol. The molecule has 0 bridgehead atoms. The van der Waals surface area contributed by atoms with E-state index in [1.807, 2.05) is 12.1 Å². The molecule has 1 atom stereocenters. The normalized spacial score (nSPS) is 13.3. The van der Waals surface area contributed by atoms with Crippen molar-refractivity contribution in [2.75, 3.05) is 0 Å². The van der Waals surface area contributed by atoms with E-state index in [1.165, 1.54) is 25.7 Å². The Morgan fingerprint density at radius 1 is 1.33 bits per heavy atom. The van der Waals surface area contributed by atoms with Crippen molar-refractivity contribution in [3.8, 4) is 0 Å². The van der Waals surface area contributed by atoms with Crippen LogP contribution >= 0.6 is 0 Å². The van der Waals surface area contributed by atoms with Crippen LogP contribution in [0.2, 0.25) is 0 Å². The number of hydrogen-bond acceptors (Lipinski definition) is 3. The summed E-state index contributed by atoms with van der Waals surface area (Å²) in [5.41, 5.74) is 2.88. The maximum absolute atomic E-state index is 5.62. The van der Waals surface area contributed by atoms with Crippen LogP contribution in [0.3, 0.4) is 0 Å². The third-order valence-electron chi connectivity index (χ3n) is 2.82. The quantitative estimate of drug-likeness (QED) is 0.537. The highest BCUT2D eigenvalue weighted by Crippen LogP contribution is 2.29. The Bertz CT molecular complexity index is 240. The zero-order valence-electron chi connectivity index (χ0n) is 9.70. The first-order valence-corrected chi connectivity index (χ1v) is 5.83. The van der Waals surface area contributed by atoms with E-state index in [0.717, 1.165) is 5.76 Å². The summed E-state index contributed by atoms with van der Waals surface area (Å²) < 4.78 is 5.42. The Hall–Kier alpha value is -0.800. The summed E-state index contributed by atoms with van der Waals surface area (Å²) in [7, 11) is 0. The Labute approximate surface area is 92.0 Å². The molecule has 3 N–H and O–H groups in total. The molecule has 0 aliphatic rings. The second kappa shape index (κ2) is 6.64. The van der Waals surface area contributed by atoms with Gasteiger partial charge < -0.3 is 4.42 Å². The van der Waals surface area contributed by atoms with Crippen molar-refractivity contribution in [3.05, 3.63) is 24.2 Å². The van der Waals surface area contributed by atoms with E-state index in [2.05, 4.69) is 19.3 Å². The lowest BCUT2D eigenvalue weighted by molar-refractivity contribution is 0.279. The average molecular weight is 210 g/mol. The van der Waals surface area contributed by atoms with Gasteiger partial charge in [-0.05, 0) is 30.9 Å². The van der Waals surface area contributed by atoms with E-state index in [0.29, 0.717) is 5.92 Å². The minimum absolute atomic E-state index is 0.153. The van der Waals surface area contributed by atoms with E-state index in [1.54, 1.807) is 6.26 Å². The molecule has 0 amide bonds. The van der Waals surface area contributed by atoms with Gasteiger partial charge in [0.2, 0.25) is 0 Å². The third-order valence-corrected chi connectivity index (χ3v) is 2.82. The molecular weight excluding hydrogens is 188 g/mol. The molecule has 0 aliphatic carbocycles. The molecule has 1 aromatic heterocycles. The zero-order chi connectivity index (χ0) is 11.1. The molecule has 3 nitrogen and oxygen atoms in total. The number of nitrogens with two attached hydrogens (primary N) is 1. The van der Waals surface area contributed by atoms with Crippen LogP contribution < -0.4 is 11.3 Å². The summed E-state index contributed by atoms with van der Waals surface area (Å²) in [5, 5.41) is 0. The van der Waals surface area contributed by atoms with Crippen molar-refractivity contribution >= 4 is 0 Å². The lowest BCUT2D eigenvalue weighted by Crippen LogP contribution is -2.33. The number of hydrazine groups is 1. The van der Waals surface area contributed by atoms with Crippen LogP contribution in [0.5, 0.6) is 0 Å². The topological polar surface area (TPSA) is 51.2 Å². The van der Waals surface area contributed by atoms with Gasteiger partial charge in [-0.3, -0.25) is 5.84 Å². The SMILES string of the molecule is CCCC(CCC)C(NN)c1ccco1. The number of rotatable bonds is 7. The monoisotopic (exact) mass is 210 g/mol. The predicted octanol–water partition coefficient (Wildman–Crippen LogP) is 3.00. The molecule has 0 aliphatic heterocycles. The van der Waals surface area contributed by atoms with Gasteiger partial charge in [-0.2, -0.15) is 0 Å². The van der Waals surface area contributed by atoms with Crippen molar-refractivity contribution in [3.63, 3.8) is 0 Å². The first kappa shape index (κ1) is 12.3. The van der Waals surface area contributed by atoms with Crippen LogP contribution in [0, 0.1) is 5.92 Å². The van der Waals surface area contributed by atoms with Crippen LogP contribution in [0.1, 0.15) is 51.3 Å². The van der Waals surface area contributed by atoms with E-state index >= 15 is 0 Å². The highest BCUT2D eigenvalue weighted by atomic mass is 16.3. The van der Waals surface area contributed by atoms with Crippen LogP contribution in [0.15, 0.2) is 22.8 Å². The molecule has 1 rings (SSSR count). The van der Waals surface area contributed by atoms with Crippen molar-refractivity contribution in [1.29, 1.82) is 0 Å². The van der Waals surface area contributed by atoms with Gasteiger partial charge in [0, 0.05) is 0 Å². The Morgan fingerprint density at radius 3 is 2.40 bits per heavy atom. The molecule has 1 unspecified atom stereocenters. The molecule has 0 saturated carbocycles. The van der Waals surface area contributed by atoms with E-state index in [4.69, 9.17) is 10.3 Å². The van der Waals surface area contributed by atoms with Crippen molar-refractivity contribution in [2.24, 2.45) is 11.8 Å². The fourth-order valence-electron chi connectivity index (χ4n) is 2.14. The summed E-state index contributed by atoms with van der Waals surface area (Å²) in [6.45, 7) is 4.41. The zero-order valence-corrected chi connectivity index (χ0v) is 9.70. The largest absolute Gasteiger partial charge is 0.468 e.